The molecule has 0 atom stereocenters. The van der Waals surface area contributed by atoms with E-state index >= 15 is 0 Å². The Kier molecular flexibility index (Phi) is 3.30. The minimum Gasteiger partial charge on any atom is -0.363 e. The summed E-state index contributed by atoms with van der Waals surface area (Å²) < 4.78 is 30.3. The van der Waals surface area contributed by atoms with Gasteiger partial charge in [0.05, 0.1) is 17.4 Å². The SMILES string of the molecule is N#Cc1ccc(CS(=O)(=O)Nc2ccon2)cc1. The van der Waals surface area contributed by atoms with Crippen LogP contribution in [0.2, 0.25) is 0 Å². The number of anilines is 1. The van der Waals surface area contributed by atoms with Crippen LogP contribution >= 0.6 is 0 Å². The lowest BCUT2D eigenvalue weighted by Crippen LogP contribution is -2.15. The van der Waals surface area contributed by atoms with E-state index in [9.17, 15) is 8.42 Å². The first-order valence-corrected chi connectivity index (χ1v) is 6.64. The van der Waals surface area contributed by atoms with Gasteiger partial charge >= 0.3 is 0 Å². The summed E-state index contributed by atoms with van der Waals surface area (Å²) in [5.41, 5.74) is 1.07. The van der Waals surface area contributed by atoms with Crippen molar-refractivity contribution >= 4 is 15.8 Å². The quantitative estimate of drug-likeness (QED) is 0.901. The standard InChI is InChI=1S/C11H9N3O3S/c12-7-9-1-3-10(4-2-9)8-18(15,16)14-11-5-6-17-13-11/h1-6H,8H2,(H,13,14). The van der Waals surface area contributed by atoms with Crippen LogP contribution in [-0.4, -0.2) is 13.6 Å². The van der Waals surface area contributed by atoms with Crippen molar-refractivity contribution in [3.05, 3.63) is 47.7 Å². The van der Waals surface area contributed by atoms with Crippen LogP contribution in [0.15, 0.2) is 41.1 Å². The van der Waals surface area contributed by atoms with E-state index < -0.39 is 10.0 Å². The van der Waals surface area contributed by atoms with Crippen molar-refractivity contribution in [3.8, 4) is 6.07 Å². The molecule has 1 heterocycles. The third-order valence-corrected chi connectivity index (χ3v) is 3.37. The second-order valence-electron chi connectivity index (χ2n) is 3.55. The number of hydrogen-bond acceptors (Lipinski definition) is 5. The molecule has 0 amide bonds. The van der Waals surface area contributed by atoms with E-state index in [1.165, 1.54) is 12.3 Å². The van der Waals surface area contributed by atoms with Crippen LogP contribution in [0.5, 0.6) is 0 Å². The third-order valence-electron chi connectivity index (χ3n) is 2.14. The van der Waals surface area contributed by atoms with Crippen molar-refractivity contribution in [1.82, 2.24) is 5.16 Å². The zero-order valence-corrected chi connectivity index (χ0v) is 10.0. The lowest BCUT2D eigenvalue weighted by Gasteiger charge is -2.04. The number of nitriles is 1. The summed E-state index contributed by atoms with van der Waals surface area (Å²) in [6, 6.07) is 9.72. The van der Waals surface area contributed by atoms with Gasteiger partial charge in [-0.25, -0.2) is 8.42 Å². The molecule has 6 nitrogen and oxygen atoms in total. The Balaban J connectivity index is 2.10. The largest absolute Gasteiger partial charge is 0.363 e. The van der Waals surface area contributed by atoms with Gasteiger partial charge in [0.2, 0.25) is 10.0 Å². The molecule has 0 aliphatic carbocycles. The number of nitrogens with one attached hydrogen (secondary N) is 1. The minimum atomic E-state index is -3.53. The Labute approximate surface area is 104 Å². The van der Waals surface area contributed by atoms with E-state index in [0.717, 1.165) is 0 Å². The van der Waals surface area contributed by atoms with Crippen LogP contribution in [0.3, 0.4) is 0 Å². The summed E-state index contributed by atoms with van der Waals surface area (Å²) in [6.45, 7) is 0. The average molecular weight is 263 g/mol. The van der Waals surface area contributed by atoms with Gasteiger partial charge in [0.25, 0.3) is 0 Å². The molecule has 0 saturated heterocycles. The van der Waals surface area contributed by atoms with Crippen molar-refractivity contribution in [2.24, 2.45) is 0 Å². The Hall–Kier alpha value is -2.33. The molecule has 0 saturated carbocycles. The summed E-state index contributed by atoms with van der Waals surface area (Å²) >= 11 is 0. The second kappa shape index (κ2) is 4.89. The summed E-state index contributed by atoms with van der Waals surface area (Å²) in [5.74, 6) is -0.0467. The normalized spacial score (nSPS) is 10.8. The molecule has 0 fully saturated rings. The molecule has 0 aliphatic rings. The molecule has 2 aromatic rings. The predicted molar refractivity (Wildman–Crippen MR) is 63.9 cm³/mol. The molecule has 0 unspecified atom stereocenters. The summed E-state index contributed by atoms with van der Waals surface area (Å²) in [4.78, 5) is 0. The minimum absolute atomic E-state index is 0.142. The van der Waals surface area contributed by atoms with E-state index in [1.807, 2.05) is 6.07 Å². The van der Waals surface area contributed by atoms with Crippen molar-refractivity contribution < 1.29 is 12.9 Å². The van der Waals surface area contributed by atoms with Gasteiger partial charge in [0.15, 0.2) is 5.82 Å². The molecule has 18 heavy (non-hydrogen) atoms. The van der Waals surface area contributed by atoms with Gasteiger partial charge < -0.3 is 4.52 Å². The average Bonchev–Trinajstić information content (AvgIpc) is 2.81. The second-order valence-corrected chi connectivity index (χ2v) is 5.28. The van der Waals surface area contributed by atoms with Crippen molar-refractivity contribution in [3.63, 3.8) is 0 Å². The van der Waals surface area contributed by atoms with Gasteiger partial charge in [-0.1, -0.05) is 17.3 Å². The first-order chi connectivity index (χ1) is 8.59. The summed E-state index contributed by atoms with van der Waals surface area (Å²) in [5, 5.41) is 12.1. The van der Waals surface area contributed by atoms with Crippen molar-refractivity contribution in [2.45, 2.75) is 5.75 Å². The molecule has 2 rings (SSSR count). The van der Waals surface area contributed by atoms with E-state index in [4.69, 9.17) is 5.26 Å². The Morgan fingerprint density at radius 3 is 2.56 bits per heavy atom. The number of nitrogens with zero attached hydrogens (tertiary/aromatic N) is 2. The maximum Gasteiger partial charge on any atom is 0.238 e. The van der Waals surface area contributed by atoms with E-state index in [2.05, 4.69) is 14.4 Å². The van der Waals surface area contributed by atoms with Crippen LogP contribution in [0.1, 0.15) is 11.1 Å². The fraction of sp³-hybridized carbons (Fsp3) is 0.0909. The van der Waals surface area contributed by atoms with Crippen molar-refractivity contribution in [2.75, 3.05) is 4.72 Å². The number of benzene rings is 1. The van der Waals surface area contributed by atoms with E-state index in [-0.39, 0.29) is 11.6 Å². The van der Waals surface area contributed by atoms with Gasteiger partial charge in [0.1, 0.15) is 6.26 Å². The number of sulfonamides is 1. The fourth-order valence-corrected chi connectivity index (χ4v) is 2.48. The van der Waals surface area contributed by atoms with Gasteiger partial charge in [-0.3, -0.25) is 4.72 Å². The highest BCUT2D eigenvalue weighted by molar-refractivity contribution is 7.91. The number of hydrogen-bond donors (Lipinski definition) is 1. The lowest BCUT2D eigenvalue weighted by atomic mass is 10.2. The highest BCUT2D eigenvalue weighted by atomic mass is 32.2. The van der Waals surface area contributed by atoms with E-state index in [0.29, 0.717) is 11.1 Å². The monoisotopic (exact) mass is 263 g/mol. The summed E-state index contributed by atoms with van der Waals surface area (Å²) in [7, 11) is -3.53. The third kappa shape index (κ3) is 3.09. The van der Waals surface area contributed by atoms with Crippen LogP contribution in [0, 0.1) is 11.3 Å². The highest BCUT2D eigenvalue weighted by Crippen LogP contribution is 2.11. The maximum atomic E-state index is 11.8. The Morgan fingerprint density at radius 1 is 1.28 bits per heavy atom. The number of rotatable bonds is 4. The van der Waals surface area contributed by atoms with Gasteiger partial charge in [-0.2, -0.15) is 5.26 Å². The van der Waals surface area contributed by atoms with E-state index in [1.54, 1.807) is 24.3 Å². The maximum absolute atomic E-state index is 11.8. The first kappa shape index (κ1) is 12.1. The van der Waals surface area contributed by atoms with Gasteiger partial charge in [0, 0.05) is 6.07 Å². The topological polar surface area (TPSA) is 96.0 Å². The van der Waals surface area contributed by atoms with Crippen molar-refractivity contribution in [1.29, 1.82) is 5.26 Å². The zero-order valence-electron chi connectivity index (χ0n) is 9.20. The molecule has 92 valence electrons. The number of aromatic nitrogens is 1. The zero-order chi connectivity index (χ0) is 13.0. The first-order valence-electron chi connectivity index (χ1n) is 4.99. The molecule has 1 aromatic heterocycles. The molecular formula is C11H9N3O3S. The lowest BCUT2D eigenvalue weighted by molar-refractivity contribution is 0.423. The molecule has 1 N–H and O–H groups in total. The molecular weight excluding hydrogens is 254 g/mol. The van der Waals surface area contributed by atoms with Crippen LogP contribution < -0.4 is 4.72 Å². The van der Waals surface area contributed by atoms with Crippen LogP contribution in [0.25, 0.3) is 0 Å². The molecule has 7 heteroatoms. The Bertz CT molecular complexity index is 655. The predicted octanol–water partition coefficient (Wildman–Crippen LogP) is 1.49. The fourth-order valence-electron chi connectivity index (χ4n) is 1.36. The molecule has 0 aliphatic heterocycles. The summed E-state index contributed by atoms with van der Waals surface area (Å²) in [6.07, 6.45) is 1.28. The molecule has 1 aromatic carbocycles. The van der Waals surface area contributed by atoms with Crippen LogP contribution in [0.4, 0.5) is 5.82 Å². The van der Waals surface area contributed by atoms with Gasteiger partial charge in [-0.05, 0) is 17.7 Å². The molecule has 0 radical (unpaired) electrons. The van der Waals surface area contributed by atoms with Crippen LogP contribution in [-0.2, 0) is 15.8 Å². The van der Waals surface area contributed by atoms with Gasteiger partial charge in [-0.15, -0.1) is 0 Å². The Morgan fingerprint density at radius 2 is 2.00 bits per heavy atom. The smallest absolute Gasteiger partial charge is 0.238 e. The highest BCUT2D eigenvalue weighted by Gasteiger charge is 2.13. The molecule has 0 bridgehead atoms. The molecule has 0 spiro atoms.